The SMILES string of the molecule is CC(C)c1cccc(C(C)C)c1-c1cc(C(C)(C)C)cc(C(C)(C)C)c1. The Morgan fingerprint density at radius 1 is 0.615 bits per heavy atom. The first-order valence-electron chi connectivity index (χ1n) is 10.1. The van der Waals surface area contributed by atoms with Crippen LogP contribution in [0.2, 0.25) is 0 Å². The van der Waals surface area contributed by atoms with Gasteiger partial charge in [-0.2, -0.15) is 0 Å². The molecule has 0 saturated carbocycles. The van der Waals surface area contributed by atoms with Crippen molar-refractivity contribution in [3.8, 4) is 11.1 Å². The average Bonchev–Trinajstić information content (AvgIpc) is 2.51. The van der Waals surface area contributed by atoms with Gasteiger partial charge in [-0.3, -0.25) is 0 Å². The van der Waals surface area contributed by atoms with Crippen molar-refractivity contribution < 1.29 is 0 Å². The van der Waals surface area contributed by atoms with Gasteiger partial charge in [-0.15, -0.1) is 0 Å². The summed E-state index contributed by atoms with van der Waals surface area (Å²) in [5.74, 6) is 1.03. The highest BCUT2D eigenvalue weighted by atomic mass is 14.3. The lowest BCUT2D eigenvalue weighted by Gasteiger charge is -2.28. The van der Waals surface area contributed by atoms with E-state index < -0.39 is 0 Å². The Kier molecular flexibility index (Phi) is 5.76. The molecule has 0 aliphatic carbocycles. The third-order valence-corrected chi connectivity index (χ3v) is 5.33. The van der Waals surface area contributed by atoms with Crippen LogP contribution >= 0.6 is 0 Å². The number of benzene rings is 2. The highest BCUT2D eigenvalue weighted by molar-refractivity contribution is 5.74. The van der Waals surface area contributed by atoms with Crippen LogP contribution in [0.25, 0.3) is 11.1 Å². The zero-order chi connectivity index (χ0) is 19.9. The zero-order valence-electron chi connectivity index (χ0n) is 18.6. The second kappa shape index (κ2) is 7.22. The Balaban J connectivity index is 2.88. The summed E-state index contributed by atoms with van der Waals surface area (Å²) >= 11 is 0. The first-order chi connectivity index (χ1) is 11.8. The zero-order valence-corrected chi connectivity index (χ0v) is 18.6. The Morgan fingerprint density at radius 2 is 1.00 bits per heavy atom. The van der Waals surface area contributed by atoms with E-state index in [9.17, 15) is 0 Å². The third-order valence-electron chi connectivity index (χ3n) is 5.33. The van der Waals surface area contributed by atoms with E-state index in [0.717, 1.165) is 0 Å². The molecule has 0 fully saturated rings. The highest BCUT2D eigenvalue weighted by Gasteiger charge is 2.23. The maximum atomic E-state index is 2.43. The summed E-state index contributed by atoms with van der Waals surface area (Å²) in [6.45, 7) is 23.1. The van der Waals surface area contributed by atoms with Crippen LogP contribution < -0.4 is 0 Å². The quantitative estimate of drug-likeness (QED) is 0.523. The summed E-state index contributed by atoms with van der Waals surface area (Å²) in [5.41, 5.74) is 8.89. The van der Waals surface area contributed by atoms with Gasteiger partial charge < -0.3 is 0 Å². The molecule has 0 bridgehead atoms. The monoisotopic (exact) mass is 350 g/mol. The smallest absolute Gasteiger partial charge is 0.0114 e. The molecule has 0 spiro atoms. The first kappa shape index (κ1) is 20.7. The Labute approximate surface area is 162 Å². The summed E-state index contributed by atoms with van der Waals surface area (Å²) in [7, 11) is 0. The van der Waals surface area contributed by atoms with Crippen molar-refractivity contribution in [2.45, 2.75) is 91.9 Å². The van der Waals surface area contributed by atoms with Gasteiger partial charge in [-0.05, 0) is 56.0 Å². The summed E-state index contributed by atoms with van der Waals surface area (Å²) in [5, 5.41) is 0. The molecule has 0 radical (unpaired) electrons. The Bertz CT molecular complexity index is 703. The molecule has 0 amide bonds. The summed E-state index contributed by atoms with van der Waals surface area (Å²) in [6.07, 6.45) is 0. The standard InChI is InChI=1S/C26H38/c1-17(2)22-12-11-13-23(18(3)4)24(22)19-14-20(25(5,6)7)16-21(15-19)26(8,9)10/h11-18H,1-10H3. The van der Waals surface area contributed by atoms with Gasteiger partial charge in [0.2, 0.25) is 0 Å². The fraction of sp³-hybridized carbons (Fsp3) is 0.538. The second-order valence-corrected chi connectivity index (χ2v) is 10.4. The van der Waals surface area contributed by atoms with Crippen LogP contribution in [0.15, 0.2) is 36.4 Å². The third kappa shape index (κ3) is 4.40. The molecule has 0 heterocycles. The molecular weight excluding hydrogens is 312 g/mol. The molecule has 0 nitrogen and oxygen atoms in total. The minimum atomic E-state index is 0.140. The minimum Gasteiger partial charge on any atom is -0.0617 e. The van der Waals surface area contributed by atoms with Crippen molar-refractivity contribution in [3.05, 3.63) is 58.7 Å². The molecule has 2 aromatic rings. The largest absolute Gasteiger partial charge is 0.0617 e. The molecule has 26 heavy (non-hydrogen) atoms. The summed E-state index contributed by atoms with van der Waals surface area (Å²) in [4.78, 5) is 0. The molecule has 2 rings (SSSR count). The molecule has 0 atom stereocenters. The predicted molar refractivity (Wildman–Crippen MR) is 117 cm³/mol. The van der Waals surface area contributed by atoms with E-state index in [1.807, 2.05) is 0 Å². The van der Waals surface area contributed by atoms with Crippen LogP contribution in [0.4, 0.5) is 0 Å². The van der Waals surface area contributed by atoms with Crippen molar-refractivity contribution in [3.63, 3.8) is 0 Å². The van der Waals surface area contributed by atoms with E-state index >= 15 is 0 Å². The predicted octanol–water partition coefficient (Wildman–Crippen LogP) is 8.20. The van der Waals surface area contributed by atoms with Crippen LogP contribution in [0, 0.1) is 0 Å². The lowest BCUT2D eigenvalue weighted by Crippen LogP contribution is -2.17. The van der Waals surface area contributed by atoms with Gasteiger partial charge in [0.05, 0.1) is 0 Å². The maximum Gasteiger partial charge on any atom is -0.0114 e. The lowest BCUT2D eigenvalue weighted by molar-refractivity contribution is 0.569. The topological polar surface area (TPSA) is 0 Å². The van der Waals surface area contributed by atoms with Crippen molar-refractivity contribution in [1.29, 1.82) is 0 Å². The van der Waals surface area contributed by atoms with E-state index in [4.69, 9.17) is 0 Å². The highest BCUT2D eigenvalue weighted by Crippen LogP contribution is 2.40. The normalized spacial score (nSPS) is 12.9. The average molecular weight is 351 g/mol. The van der Waals surface area contributed by atoms with Gasteiger partial charge >= 0.3 is 0 Å². The molecule has 0 aromatic heterocycles. The van der Waals surface area contributed by atoms with E-state index in [-0.39, 0.29) is 10.8 Å². The van der Waals surface area contributed by atoms with Gasteiger partial charge in [0.25, 0.3) is 0 Å². The van der Waals surface area contributed by atoms with E-state index in [1.54, 1.807) is 0 Å². The molecule has 0 unspecified atom stereocenters. The van der Waals surface area contributed by atoms with Crippen molar-refractivity contribution in [1.82, 2.24) is 0 Å². The minimum absolute atomic E-state index is 0.140. The van der Waals surface area contributed by atoms with Crippen molar-refractivity contribution in [2.24, 2.45) is 0 Å². The van der Waals surface area contributed by atoms with Crippen LogP contribution in [0.3, 0.4) is 0 Å². The van der Waals surface area contributed by atoms with Crippen LogP contribution in [-0.2, 0) is 10.8 Å². The van der Waals surface area contributed by atoms with Crippen molar-refractivity contribution >= 4 is 0 Å². The fourth-order valence-electron chi connectivity index (χ4n) is 3.52. The maximum absolute atomic E-state index is 2.43. The Morgan fingerprint density at radius 3 is 1.31 bits per heavy atom. The summed E-state index contributed by atoms with van der Waals surface area (Å²) < 4.78 is 0. The molecule has 0 aliphatic rings. The summed E-state index contributed by atoms with van der Waals surface area (Å²) in [6, 6.07) is 14.1. The Hall–Kier alpha value is -1.56. The molecule has 0 N–H and O–H groups in total. The second-order valence-electron chi connectivity index (χ2n) is 10.4. The fourth-order valence-corrected chi connectivity index (χ4v) is 3.52. The van der Waals surface area contributed by atoms with Gasteiger partial charge in [0, 0.05) is 0 Å². The lowest BCUT2D eigenvalue weighted by atomic mass is 9.77. The van der Waals surface area contributed by atoms with Gasteiger partial charge in [-0.1, -0.05) is 106 Å². The molecule has 142 valence electrons. The van der Waals surface area contributed by atoms with Crippen molar-refractivity contribution in [2.75, 3.05) is 0 Å². The first-order valence-corrected chi connectivity index (χ1v) is 10.1. The van der Waals surface area contributed by atoms with Crippen LogP contribution in [0.1, 0.15) is 103 Å². The molecule has 0 heteroatoms. The molecular formula is C26H38. The molecule has 0 aliphatic heterocycles. The van der Waals surface area contributed by atoms with Gasteiger partial charge in [0.1, 0.15) is 0 Å². The number of hydrogen-bond acceptors (Lipinski definition) is 0. The number of rotatable bonds is 3. The van der Waals surface area contributed by atoms with Crippen LogP contribution in [-0.4, -0.2) is 0 Å². The van der Waals surface area contributed by atoms with E-state index in [1.165, 1.54) is 33.4 Å². The van der Waals surface area contributed by atoms with E-state index in [0.29, 0.717) is 11.8 Å². The van der Waals surface area contributed by atoms with Gasteiger partial charge in [0.15, 0.2) is 0 Å². The van der Waals surface area contributed by atoms with Gasteiger partial charge in [-0.25, -0.2) is 0 Å². The van der Waals surface area contributed by atoms with Crippen LogP contribution in [0.5, 0.6) is 0 Å². The van der Waals surface area contributed by atoms with E-state index in [2.05, 4.69) is 106 Å². The number of hydrogen-bond donors (Lipinski definition) is 0. The molecule has 2 aromatic carbocycles. The molecule has 0 saturated heterocycles.